The van der Waals surface area contributed by atoms with Gasteiger partial charge in [-0.2, -0.15) is 0 Å². The second-order valence-electron chi connectivity index (χ2n) is 14.5. The number of hydrogen-bond donors (Lipinski definition) is 1. The summed E-state index contributed by atoms with van der Waals surface area (Å²) in [7, 11) is 0. The Morgan fingerprint density at radius 3 is 1.61 bits per heavy atom. The molecule has 0 fully saturated rings. The second kappa shape index (κ2) is 14.6. The maximum atomic E-state index is 6.55. The summed E-state index contributed by atoms with van der Waals surface area (Å²) in [4.78, 5) is 10.5. The second-order valence-corrected chi connectivity index (χ2v) is 14.5. The number of rotatable bonds is 8. The molecular formula is C53H38N4. The van der Waals surface area contributed by atoms with Crippen LogP contribution >= 0.6 is 0 Å². The Labute approximate surface area is 332 Å². The van der Waals surface area contributed by atoms with E-state index in [9.17, 15) is 0 Å². The molecule has 4 heteroatoms. The zero-order valence-corrected chi connectivity index (χ0v) is 31.3. The molecular weight excluding hydrogens is 693 g/mol. The summed E-state index contributed by atoms with van der Waals surface area (Å²) in [5, 5.41) is 2.44. The fraction of sp³-hybridized carbons (Fsp3) is 0.0189. The van der Waals surface area contributed by atoms with Crippen molar-refractivity contribution >= 4 is 27.5 Å². The molecule has 0 bridgehead atoms. The maximum absolute atomic E-state index is 6.55. The van der Waals surface area contributed by atoms with Gasteiger partial charge in [-0.3, -0.25) is 0 Å². The number of nitrogens with zero attached hydrogens (tertiary/aromatic N) is 3. The van der Waals surface area contributed by atoms with Crippen LogP contribution in [-0.2, 0) is 6.42 Å². The van der Waals surface area contributed by atoms with E-state index in [0.29, 0.717) is 12.2 Å². The largest absolute Gasteiger partial charge is 0.398 e. The Kier molecular flexibility index (Phi) is 8.69. The average Bonchev–Trinajstić information content (AvgIpc) is 3.62. The minimum absolute atomic E-state index is 0.684. The van der Waals surface area contributed by atoms with E-state index in [1.165, 1.54) is 27.5 Å². The molecule has 0 radical (unpaired) electrons. The van der Waals surface area contributed by atoms with Crippen LogP contribution in [0.5, 0.6) is 0 Å². The molecule has 0 spiro atoms. The molecule has 0 unspecified atom stereocenters. The monoisotopic (exact) mass is 730 g/mol. The van der Waals surface area contributed by atoms with Gasteiger partial charge in [0.25, 0.3) is 0 Å². The summed E-state index contributed by atoms with van der Waals surface area (Å²) >= 11 is 0. The minimum Gasteiger partial charge on any atom is -0.398 e. The predicted octanol–water partition coefficient (Wildman–Crippen LogP) is 13.1. The van der Waals surface area contributed by atoms with E-state index in [4.69, 9.17) is 15.7 Å². The third kappa shape index (κ3) is 6.53. The summed E-state index contributed by atoms with van der Waals surface area (Å²) in [6.07, 6.45) is 0.701. The summed E-state index contributed by atoms with van der Waals surface area (Å²) in [5.74, 6) is 0.684. The maximum Gasteiger partial charge on any atom is 0.160 e. The standard InChI is InChI=1S/C53H38N4/c54-48-24-12-9-21-45(48)44-20-8-7-19-41(44)31-36-32-42(34-43(33-36)57-51-25-13-10-22-46(51)47-23-11-14-26-52(47)57)50-35-49(55-53(56-50)40-17-5-2-6-18-40)39-29-27-38(28-30-39)37-15-3-1-4-16-37/h1-30,32-35H,31,54H2. The van der Waals surface area contributed by atoms with Gasteiger partial charge in [0.05, 0.1) is 22.4 Å². The van der Waals surface area contributed by atoms with Gasteiger partial charge in [0.2, 0.25) is 0 Å². The lowest BCUT2D eigenvalue weighted by Gasteiger charge is -2.16. The highest BCUT2D eigenvalue weighted by atomic mass is 15.0. The van der Waals surface area contributed by atoms with Gasteiger partial charge < -0.3 is 10.3 Å². The van der Waals surface area contributed by atoms with Crippen LogP contribution in [0.1, 0.15) is 11.1 Å². The van der Waals surface area contributed by atoms with Crippen molar-refractivity contribution < 1.29 is 0 Å². The number of anilines is 1. The molecule has 0 aliphatic heterocycles. The van der Waals surface area contributed by atoms with Crippen molar-refractivity contribution in [3.05, 3.63) is 217 Å². The molecule has 57 heavy (non-hydrogen) atoms. The number of nitrogen functional groups attached to an aromatic ring is 1. The van der Waals surface area contributed by atoms with Crippen molar-refractivity contribution in [3.63, 3.8) is 0 Å². The fourth-order valence-corrected chi connectivity index (χ4v) is 8.08. The quantitative estimate of drug-likeness (QED) is 0.158. The van der Waals surface area contributed by atoms with E-state index >= 15 is 0 Å². The number of aromatic nitrogens is 3. The van der Waals surface area contributed by atoms with Gasteiger partial charge in [-0.15, -0.1) is 0 Å². The van der Waals surface area contributed by atoms with Crippen molar-refractivity contribution in [2.45, 2.75) is 6.42 Å². The highest BCUT2D eigenvalue weighted by Crippen LogP contribution is 2.37. The summed E-state index contributed by atoms with van der Waals surface area (Å²) in [5.41, 5.74) is 22.3. The van der Waals surface area contributed by atoms with E-state index in [0.717, 1.165) is 67.2 Å². The smallest absolute Gasteiger partial charge is 0.160 e. The number of fused-ring (bicyclic) bond motifs is 3. The first kappa shape index (κ1) is 34.0. The van der Waals surface area contributed by atoms with E-state index in [2.05, 4.69) is 174 Å². The zero-order valence-electron chi connectivity index (χ0n) is 31.3. The molecule has 2 N–H and O–H groups in total. The number of benzene rings is 8. The van der Waals surface area contributed by atoms with Crippen molar-refractivity contribution in [1.29, 1.82) is 0 Å². The number of nitrogens with two attached hydrogens (primary N) is 1. The lowest BCUT2D eigenvalue weighted by atomic mass is 9.93. The van der Waals surface area contributed by atoms with Crippen LogP contribution in [0.25, 0.3) is 83.6 Å². The Hall–Kier alpha value is -7.56. The van der Waals surface area contributed by atoms with E-state index < -0.39 is 0 Å². The zero-order chi connectivity index (χ0) is 38.1. The van der Waals surface area contributed by atoms with Crippen LogP contribution in [0.2, 0.25) is 0 Å². The first-order valence-electron chi connectivity index (χ1n) is 19.3. The first-order valence-corrected chi connectivity index (χ1v) is 19.3. The van der Waals surface area contributed by atoms with Crippen LogP contribution in [0.15, 0.2) is 206 Å². The third-order valence-electron chi connectivity index (χ3n) is 10.8. The fourth-order valence-electron chi connectivity index (χ4n) is 8.08. The molecule has 10 aromatic rings. The van der Waals surface area contributed by atoms with Gasteiger partial charge in [0.1, 0.15) is 0 Å². The summed E-state index contributed by atoms with van der Waals surface area (Å²) in [6.45, 7) is 0. The molecule has 10 rings (SSSR count). The lowest BCUT2D eigenvalue weighted by Crippen LogP contribution is -2.01. The molecule has 2 aromatic heterocycles. The van der Waals surface area contributed by atoms with Crippen molar-refractivity contribution in [2.75, 3.05) is 5.73 Å². The highest BCUT2D eigenvalue weighted by molar-refractivity contribution is 6.09. The lowest BCUT2D eigenvalue weighted by molar-refractivity contribution is 1.13. The third-order valence-corrected chi connectivity index (χ3v) is 10.8. The SMILES string of the molecule is Nc1ccccc1-c1ccccc1Cc1cc(-c2cc(-c3ccc(-c4ccccc4)cc3)nc(-c3ccccc3)n2)cc(-n2c3ccccc3c3ccccc32)c1. The summed E-state index contributed by atoms with van der Waals surface area (Å²) in [6, 6.07) is 72.5. The highest BCUT2D eigenvalue weighted by Gasteiger charge is 2.17. The molecule has 4 nitrogen and oxygen atoms in total. The molecule has 8 aromatic carbocycles. The molecule has 0 saturated heterocycles. The molecule has 2 heterocycles. The van der Waals surface area contributed by atoms with Crippen molar-refractivity contribution in [3.8, 4) is 61.8 Å². The van der Waals surface area contributed by atoms with Gasteiger partial charge >= 0.3 is 0 Å². The van der Waals surface area contributed by atoms with Crippen LogP contribution in [0.4, 0.5) is 5.69 Å². The van der Waals surface area contributed by atoms with Gasteiger partial charge in [0, 0.05) is 44.4 Å². The molecule has 0 amide bonds. The Morgan fingerprint density at radius 1 is 0.404 bits per heavy atom. The average molecular weight is 731 g/mol. The minimum atomic E-state index is 0.684. The molecule has 270 valence electrons. The Balaban J connectivity index is 1.18. The predicted molar refractivity (Wildman–Crippen MR) is 237 cm³/mol. The number of hydrogen-bond acceptors (Lipinski definition) is 3. The molecule has 0 atom stereocenters. The Morgan fingerprint density at radius 2 is 0.930 bits per heavy atom. The van der Waals surface area contributed by atoms with Crippen molar-refractivity contribution in [1.82, 2.24) is 14.5 Å². The van der Waals surface area contributed by atoms with Gasteiger partial charge in [-0.05, 0) is 76.7 Å². The molecule has 0 saturated carbocycles. The van der Waals surface area contributed by atoms with E-state index in [1.54, 1.807) is 0 Å². The van der Waals surface area contributed by atoms with Crippen LogP contribution in [0.3, 0.4) is 0 Å². The van der Waals surface area contributed by atoms with E-state index in [1.807, 2.05) is 36.4 Å². The summed E-state index contributed by atoms with van der Waals surface area (Å²) < 4.78 is 2.39. The Bertz CT molecular complexity index is 2980. The normalized spacial score (nSPS) is 11.3. The van der Waals surface area contributed by atoms with Gasteiger partial charge in [0.15, 0.2) is 5.82 Å². The van der Waals surface area contributed by atoms with Crippen LogP contribution in [0, 0.1) is 0 Å². The van der Waals surface area contributed by atoms with E-state index in [-0.39, 0.29) is 0 Å². The van der Waals surface area contributed by atoms with Crippen LogP contribution < -0.4 is 5.73 Å². The first-order chi connectivity index (χ1) is 28.2. The molecule has 0 aliphatic rings. The number of para-hydroxylation sites is 3. The van der Waals surface area contributed by atoms with Gasteiger partial charge in [-0.25, -0.2) is 9.97 Å². The van der Waals surface area contributed by atoms with Crippen molar-refractivity contribution in [2.24, 2.45) is 0 Å². The van der Waals surface area contributed by atoms with Gasteiger partial charge in [-0.1, -0.05) is 164 Å². The topological polar surface area (TPSA) is 56.7 Å². The van der Waals surface area contributed by atoms with Crippen LogP contribution in [-0.4, -0.2) is 14.5 Å². The molecule has 0 aliphatic carbocycles.